The van der Waals surface area contributed by atoms with E-state index in [-0.39, 0.29) is 5.92 Å². The summed E-state index contributed by atoms with van der Waals surface area (Å²) in [6.07, 6.45) is 14.3. The van der Waals surface area contributed by atoms with Gasteiger partial charge in [-0.25, -0.2) is 0 Å². The first-order valence-electron chi connectivity index (χ1n) is 22.4. The van der Waals surface area contributed by atoms with Crippen molar-refractivity contribution in [1.29, 1.82) is 0 Å². The van der Waals surface area contributed by atoms with Crippen LogP contribution in [0.2, 0.25) is 0 Å². The minimum atomic E-state index is 0.289. The molecule has 0 heteroatoms. The van der Waals surface area contributed by atoms with Gasteiger partial charge in [-0.15, -0.1) is 0 Å². The van der Waals surface area contributed by atoms with Crippen LogP contribution in [0.15, 0.2) is 189 Å². The van der Waals surface area contributed by atoms with Crippen molar-refractivity contribution in [3.8, 4) is 33.4 Å². The molecule has 2 aliphatic rings. The lowest BCUT2D eigenvalue weighted by Gasteiger charge is -2.26. The molecule has 0 N–H and O–H groups in total. The van der Waals surface area contributed by atoms with Gasteiger partial charge in [-0.05, 0) is 153 Å². The molecule has 0 spiro atoms. The fourth-order valence-electron chi connectivity index (χ4n) is 10.4. The molecule has 10 rings (SSSR count). The van der Waals surface area contributed by atoms with Gasteiger partial charge in [0.15, 0.2) is 0 Å². The van der Waals surface area contributed by atoms with E-state index in [2.05, 4.69) is 224 Å². The fraction of sp³-hybridized carbons (Fsp3) is 0.161. The Bertz CT molecular complexity index is 3180. The molecule has 3 unspecified atom stereocenters. The van der Waals surface area contributed by atoms with Gasteiger partial charge >= 0.3 is 0 Å². The minimum absolute atomic E-state index is 0.289. The minimum Gasteiger partial charge on any atom is -0.0912 e. The summed E-state index contributed by atoms with van der Waals surface area (Å²) in [6.45, 7) is 20.5. The van der Waals surface area contributed by atoms with Crippen LogP contribution in [0.25, 0.3) is 76.8 Å². The second-order valence-electron chi connectivity index (χ2n) is 18.2. The average molecular weight is 799 g/mol. The van der Waals surface area contributed by atoms with Gasteiger partial charge in [0, 0.05) is 5.92 Å². The molecule has 302 valence electrons. The number of allylic oxidation sites excluding steroid dienone is 8. The van der Waals surface area contributed by atoms with Gasteiger partial charge in [0.1, 0.15) is 0 Å². The Balaban J connectivity index is 0.961. The monoisotopic (exact) mass is 798 g/mol. The molecule has 62 heavy (non-hydrogen) atoms. The van der Waals surface area contributed by atoms with E-state index >= 15 is 0 Å². The Kier molecular flexibility index (Phi) is 10.1. The molecule has 8 aromatic rings. The summed E-state index contributed by atoms with van der Waals surface area (Å²) in [4.78, 5) is 0. The van der Waals surface area contributed by atoms with Crippen LogP contribution in [0.4, 0.5) is 0 Å². The Morgan fingerprint density at radius 2 is 1.03 bits per heavy atom. The highest BCUT2D eigenvalue weighted by molar-refractivity contribution is 6.25. The van der Waals surface area contributed by atoms with Crippen molar-refractivity contribution in [2.75, 3.05) is 0 Å². The van der Waals surface area contributed by atoms with Crippen LogP contribution in [0.3, 0.4) is 0 Å². The third-order valence-electron chi connectivity index (χ3n) is 13.8. The fourth-order valence-corrected chi connectivity index (χ4v) is 10.4. The van der Waals surface area contributed by atoms with E-state index in [1.165, 1.54) is 105 Å². The topological polar surface area (TPSA) is 0 Å². The van der Waals surface area contributed by atoms with Gasteiger partial charge in [0.25, 0.3) is 0 Å². The molecule has 8 aromatic carbocycles. The van der Waals surface area contributed by atoms with E-state index in [1.54, 1.807) is 0 Å². The van der Waals surface area contributed by atoms with Crippen LogP contribution >= 0.6 is 0 Å². The number of hydrogen-bond acceptors (Lipinski definition) is 0. The smallest absolute Gasteiger partial charge is 0.00271 e. The normalized spacial score (nSPS) is 19.1. The lowest BCUT2D eigenvalue weighted by atomic mass is 9.78. The molecule has 0 saturated carbocycles. The van der Waals surface area contributed by atoms with Gasteiger partial charge < -0.3 is 0 Å². The first kappa shape index (κ1) is 39.4. The Morgan fingerprint density at radius 1 is 0.484 bits per heavy atom. The molecule has 0 nitrogen and oxygen atoms in total. The Labute approximate surface area is 368 Å². The van der Waals surface area contributed by atoms with Crippen LogP contribution in [-0.2, 0) is 0 Å². The standard InChI is InChI=1S/C62H54/c1-38(2)59-34-46(48-24-28-51-41(5)20-21-44(33-43(7)61(51)36-48)47-23-27-50-39(3)14-8-9-15-40(4)60(50)35-47)25-30-57(59)52-29-22-45(32-42(52)6)49-26-31-58-55-18-11-10-16-53(55)54-17-12-13-19-56(54)62(58)37-49/h8-32,34-38,40,43-44H,3,5,33H2,1-2,4,6-7H3/b14-8-,15-9-,21-20-. The average Bonchev–Trinajstić information content (AvgIpc) is 3.30. The zero-order valence-corrected chi connectivity index (χ0v) is 36.7. The summed E-state index contributed by atoms with van der Waals surface area (Å²) in [5.74, 6) is 1.32. The van der Waals surface area contributed by atoms with Crippen LogP contribution in [0.1, 0.15) is 96.7 Å². The zero-order valence-electron chi connectivity index (χ0n) is 36.7. The highest BCUT2D eigenvalue weighted by Gasteiger charge is 2.23. The van der Waals surface area contributed by atoms with E-state index in [4.69, 9.17) is 0 Å². The van der Waals surface area contributed by atoms with Crippen molar-refractivity contribution in [3.63, 3.8) is 0 Å². The van der Waals surface area contributed by atoms with Gasteiger partial charge in [-0.1, -0.05) is 211 Å². The molecule has 0 heterocycles. The summed E-state index contributed by atoms with van der Waals surface area (Å²) in [5, 5.41) is 7.83. The summed E-state index contributed by atoms with van der Waals surface area (Å²) in [7, 11) is 0. The Morgan fingerprint density at radius 3 is 1.73 bits per heavy atom. The predicted octanol–water partition coefficient (Wildman–Crippen LogP) is 17.7. The molecule has 2 aliphatic carbocycles. The first-order valence-corrected chi connectivity index (χ1v) is 22.4. The molecular weight excluding hydrogens is 745 g/mol. The molecular formula is C62H54. The summed E-state index contributed by atoms with van der Waals surface area (Å²) >= 11 is 0. The first-order chi connectivity index (χ1) is 30.1. The summed E-state index contributed by atoms with van der Waals surface area (Å²) in [5.41, 5.74) is 19.0. The molecule has 3 atom stereocenters. The van der Waals surface area contributed by atoms with Gasteiger partial charge in [0.2, 0.25) is 0 Å². The van der Waals surface area contributed by atoms with Crippen molar-refractivity contribution in [2.45, 2.75) is 64.7 Å². The second-order valence-corrected chi connectivity index (χ2v) is 18.2. The molecule has 0 aliphatic heterocycles. The van der Waals surface area contributed by atoms with Crippen LogP contribution in [-0.4, -0.2) is 0 Å². The van der Waals surface area contributed by atoms with E-state index in [0.717, 1.165) is 17.6 Å². The number of benzene rings is 8. The van der Waals surface area contributed by atoms with Crippen molar-refractivity contribution in [1.82, 2.24) is 0 Å². The van der Waals surface area contributed by atoms with Crippen LogP contribution in [0.5, 0.6) is 0 Å². The maximum Gasteiger partial charge on any atom is 0.00271 e. The molecule has 0 radical (unpaired) electrons. The third kappa shape index (κ3) is 6.98. The predicted molar refractivity (Wildman–Crippen MR) is 270 cm³/mol. The van der Waals surface area contributed by atoms with E-state index < -0.39 is 0 Å². The van der Waals surface area contributed by atoms with Crippen molar-refractivity contribution in [2.24, 2.45) is 0 Å². The molecule has 0 amide bonds. The number of fused-ring (bicyclic) bond motifs is 8. The number of hydrogen-bond donors (Lipinski definition) is 0. The molecule has 0 saturated heterocycles. The van der Waals surface area contributed by atoms with Gasteiger partial charge in [0.05, 0.1) is 0 Å². The van der Waals surface area contributed by atoms with E-state index in [9.17, 15) is 0 Å². The van der Waals surface area contributed by atoms with Crippen molar-refractivity contribution >= 4 is 43.5 Å². The Hall–Kier alpha value is -6.76. The van der Waals surface area contributed by atoms with Gasteiger partial charge in [-0.2, -0.15) is 0 Å². The van der Waals surface area contributed by atoms with Crippen molar-refractivity contribution in [3.05, 3.63) is 228 Å². The number of rotatable bonds is 5. The highest BCUT2D eigenvalue weighted by Crippen LogP contribution is 2.43. The highest BCUT2D eigenvalue weighted by atomic mass is 14.3. The SMILES string of the molecule is C=C1/C=C\C=C/C(C)c2cc(C3/C=C\C(=C)c4ccc(-c5ccc(-c6ccc(-c7ccc8c9ccccc9c9ccccc9c8c7)cc6C)c(C(C)C)c5)cc4C(C)C3)ccc21. The maximum absolute atomic E-state index is 4.57. The largest absolute Gasteiger partial charge is 0.0912 e. The molecule has 0 bridgehead atoms. The zero-order chi connectivity index (χ0) is 42.6. The quantitative estimate of drug-likeness (QED) is 0.152. The van der Waals surface area contributed by atoms with E-state index in [0.29, 0.717) is 17.8 Å². The lowest BCUT2D eigenvalue weighted by molar-refractivity contribution is 0.625. The lowest BCUT2D eigenvalue weighted by Crippen LogP contribution is -2.09. The van der Waals surface area contributed by atoms with Crippen LogP contribution in [0, 0.1) is 6.92 Å². The maximum atomic E-state index is 4.57. The summed E-state index contributed by atoms with van der Waals surface area (Å²) in [6, 6.07) is 52.9. The summed E-state index contributed by atoms with van der Waals surface area (Å²) < 4.78 is 0. The van der Waals surface area contributed by atoms with Gasteiger partial charge in [-0.3, -0.25) is 0 Å². The third-order valence-corrected chi connectivity index (χ3v) is 13.8. The molecule has 0 fully saturated rings. The van der Waals surface area contributed by atoms with Crippen molar-refractivity contribution < 1.29 is 0 Å². The molecule has 0 aromatic heterocycles. The second kappa shape index (κ2) is 15.9. The van der Waals surface area contributed by atoms with E-state index in [1.807, 2.05) is 0 Å². The van der Waals surface area contributed by atoms with Crippen LogP contribution < -0.4 is 0 Å². The number of aryl methyl sites for hydroxylation is 1.